The van der Waals surface area contributed by atoms with Crippen LogP contribution in [0.2, 0.25) is 0 Å². The lowest BCUT2D eigenvalue weighted by Gasteiger charge is -2.16. The third kappa shape index (κ3) is 4.93. The van der Waals surface area contributed by atoms with E-state index in [1.807, 2.05) is 48.8 Å². The highest BCUT2D eigenvalue weighted by Gasteiger charge is 2.20. The molecule has 0 spiro atoms. The highest BCUT2D eigenvalue weighted by Crippen LogP contribution is 2.21. The van der Waals surface area contributed by atoms with Crippen molar-refractivity contribution in [1.29, 1.82) is 0 Å². The lowest BCUT2D eigenvalue weighted by molar-refractivity contribution is 0.0951. The van der Waals surface area contributed by atoms with Crippen molar-refractivity contribution >= 4 is 17.6 Å². The van der Waals surface area contributed by atoms with Gasteiger partial charge in [-0.1, -0.05) is 12.1 Å². The number of halogens is 1. The van der Waals surface area contributed by atoms with Crippen molar-refractivity contribution in [2.24, 2.45) is 0 Å². The second kappa shape index (κ2) is 9.84. The molecule has 0 radical (unpaired) electrons. The van der Waals surface area contributed by atoms with E-state index in [9.17, 15) is 14.0 Å². The van der Waals surface area contributed by atoms with Crippen LogP contribution in [0.5, 0.6) is 0 Å². The van der Waals surface area contributed by atoms with Crippen LogP contribution in [0.1, 0.15) is 28.8 Å². The van der Waals surface area contributed by atoms with Crippen LogP contribution in [0, 0.1) is 5.82 Å². The lowest BCUT2D eigenvalue weighted by atomic mass is 10.2. The fraction of sp³-hybridized carbons (Fsp3) is 0.192. The van der Waals surface area contributed by atoms with Crippen molar-refractivity contribution in [3.05, 3.63) is 96.2 Å². The number of nitrogens with one attached hydrogen (secondary N) is 2. The number of nitrogens with zero attached hydrogens (tertiary/aromatic N) is 4. The molecule has 1 aliphatic rings. The second-order valence-electron chi connectivity index (χ2n) is 8.37. The summed E-state index contributed by atoms with van der Waals surface area (Å²) in [5.41, 5.74) is 2.55. The summed E-state index contributed by atoms with van der Waals surface area (Å²) in [6.07, 6.45) is 7.20. The summed E-state index contributed by atoms with van der Waals surface area (Å²) >= 11 is 0. The molecule has 1 fully saturated rings. The molecule has 0 bridgehead atoms. The minimum Gasteiger partial charge on any atom is -0.348 e. The van der Waals surface area contributed by atoms with Crippen LogP contribution in [0.15, 0.2) is 79.3 Å². The highest BCUT2D eigenvalue weighted by atomic mass is 19.1. The Balaban J connectivity index is 1.32. The number of aromatic nitrogens is 3. The Hall–Kier alpha value is -4.40. The van der Waals surface area contributed by atoms with Gasteiger partial charge in [-0.15, -0.1) is 0 Å². The summed E-state index contributed by atoms with van der Waals surface area (Å²) in [6.45, 7) is 1.83. The fourth-order valence-corrected chi connectivity index (χ4v) is 4.16. The molecule has 2 N–H and O–H groups in total. The number of rotatable bonds is 6. The first-order valence-corrected chi connectivity index (χ1v) is 11.5. The van der Waals surface area contributed by atoms with Crippen LogP contribution >= 0.6 is 0 Å². The number of urea groups is 1. The van der Waals surface area contributed by atoms with Gasteiger partial charge in [-0.05, 0) is 66.9 Å². The Bertz CT molecular complexity index is 1320. The van der Waals surface area contributed by atoms with Gasteiger partial charge in [0.05, 0.1) is 11.9 Å². The lowest BCUT2D eigenvalue weighted by Crippen LogP contribution is -2.32. The van der Waals surface area contributed by atoms with Crippen molar-refractivity contribution in [2.75, 3.05) is 18.4 Å². The largest absolute Gasteiger partial charge is 0.348 e. The van der Waals surface area contributed by atoms with Gasteiger partial charge in [0, 0.05) is 37.7 Å². The van der Waals surface area contributed by atoms with Crippen molar-refractivity contribution in [3.8, 4) is 11.5 Å². The van der Waals surface area contributed by atoms with Crippen molar-refractivity contribution in [2.45, 2.75) is 19.4 Å². The van der Waals surface area contributed by atoms with E-state index in [0.29, 0.717) is 22.8 Å². The van der Waals surface area contributed by atoms with Crippen LogP contribution in [0.25, 0.3) is 11.5 Å². The number of carbonyl (C=O) groups is 2. The molecular formula is C26H25FN6O2. The topological polar surface area (TPSA) is 84.2 Å². The van der Waals surface area contributed by atoms with Gasteiger partial charge in [-0.3, -0.25) is 4.79 Å². The van der Waals surface area contributed by atoms with Crippen molar-refractivity contribution in [3.63, 3.8) is 0 Å². The molecule has 1 aliphatic heterocycles. The Kier molecular flexibility index (Phi) is 6.30. The van der Waals surface area contributed by atoms with Gasteiger partial charge in [0.15, 0.2) is 5.82 Å². The summed E-state index contributed by atoms with van der Waals surface area (Å²) in [5, 5.41) is 10.3. The van der Waals surface area contributed by atoms with Gasteiger partial charge in [0.1, 0.15) is 11.4 Å². The summed E-state index contributed by atoms with van der Waals surface area (Å²) in [6, 6.07) is 16.9. The Morgan fingerprint density at radius 3 is 2.46 bits per heavy atom. The predicted molar refractivity (Wildman–Crippen MR) is 130 cm³/mol. The number of carbonyl (C=O) groups excluding carboxylic acids is 2. The van der Waals surface area contributed by atoms with Crippen LogP contribution in [-0.4, -0.2) is 44.3 Å². The van der Waals surface area contributed by atoms with Gasteiger partial charge < -0.3 is 20.1 Å². The number of anilines is 1. The zero-order valence-electron chi connectivity index (χ0n) is 19.0. The summed E-state index contributed by atoms with van der Waals surface area (Å²) in [7, 11) is 0. The fourth-order valence-electron chi connectivity index (χ4n) is 4.16. The molecule has 1 saturated heterocycles. The second-order valence-corrected chi connectivity index (χ2v) is 8.37. The van der Waals surface area contributed by atoms with E-state index in [-0.39, 0.29) is 24.3 Å². The number of benzene rings is 2. The third-order valence-corrected chi connectivity index (χ3v) is 5.93. The molecular weight excluding hydrogens is 447 g/mol. The van der Waals surface area contributed by atoms with E-state index in [1.165, 1.54) is 18.3 Å². The predicted octanol–water partition coefficient (Wildman–Crippen LogP) is 4.36. The monoisotopic (exact) mass is 472 g/mol. The van der Waals surface area contributed by atoms with Crippen LogP contribution in [0.3, 0.4) is 0 Å². The first-order valence-electron chi connectivity index (χ1n) is 11.5. The zero-order chi connectivity index (χ0) is 24.2. The maximum Gasteiger partial charge on any atom is 0.321 e. The molecule has 0 unspecified atom stereocenters. The quantitative estimate of drug-likeness (QED) is 0.437. The Labute approximate surface area is 202 Å². The van der Waals surface area contributed by atoms with E-state index in [1.54, 1.807) is 26.3 Å². The molecule has 4 aromatic rings. The summed E-state index contributed by atoms with van der Waals surface area (Å²) < 4.78 is 16.8. The van der Waals surface area contributed by atoms with E-state index in [0.717, 1.165) is 31.5 Å². The number of hydrogen-bond donors (Lipinski definition) is 2. The minimum atomic E-state index is -0.347. The average molecular weight is 473 g/mol. The smallest absolute Gasteiger partial charge is 0.321 e. The van der Waals surface area contributed by atoms with E-state index in [4.69, 9.17) is 0 Å². The zero-order valence-corrected chi connectivity index (χ0v) is 19.0. The summed E-state index contributed by atoms with van der Waals surface area (Å²) in [4.78, 5) is 27.3. The van der Waals surface area contributed by atoms with Gasteiger partial charge in [-0.2, -0.15) is 5.10 Å². The van der Waals surface area contributed by atoms with E-state index in [2.05, 4.69) is 15.7 Å². The number of amides is 3. The molecule has 178 valence electrons. The molecule has 3 heterocycles. The molecule has 8 nitrogen and oxygen atoms in total. The molecule has 35 heavy (non-hydrogen) atoms. The first kappa shape index (κ1) is 22.4. The standard InChI is InChI=1S/C26H25FN6O2/c27-20-8-10-22(11-9-20)33-25(31-12-1-2-13-31)23(18-29-33)24(34)28-17-19-6-5-7-21(16-19)30-26(35)32-14-3-4-15-32/h1-2,5-13,16,18H,3-4,14-15,17H2,(H,28,34)(H,30,35). The van der Waals surface area contributed by atoms with Crippen LogP contribution < -0.4 is 10.6 Å². The molecule has 0 saturated carbocycles. The van der Waals surface area contributed by atoms with Gasteiger partial charge >= 0.3 is 6.03 Å². The molecule has 3 amide bonds. The molecule has 9 heteroatoms. The average Bonchev–Trinajstić information content (AvgIpc) is 3.64. The van der Waals surface area contributed by atoms with Gasteiger partial charge in [0.2, 0.25) is 0 Å². The number of likely N-dealkylation sites (tertiary alicyclic amines) is 1. The normalized spacial score (nSPS) is 13.1. The van der Waals surface area contributed by atoms with E-state index >= 15 is 0 Å². The van der Waals surface area contributed by atoms with Crippen molar-refractivity contribution in [1.82, 2.24) is 24.6 Å². The Morgan fingerprint density at radius 2 is 1.71 bits per heavy atom. The van der Waals surface area contributed by atoms with Gasteiger partial charge in [-0.25, -0.2) is 13.9 Å². The first-order chi connectivity index (χ1) is 17.1. The molecule has 5 rings (SSSR count). The van der Waals surface area contributed by atoms with Crippen LogP contribution in [0.4, 0.5) is 14.9 Å². The highest BCUT2D eigenvalue weighted by molar-refractivity contribution is 5.97. The van der Waals surface area contributed by atoms with Gasteiger partial charge in [0.25, 0.3) is 5.91 Å². The Morgan fingerprint density at radius 1 is 0.971 bits per heavy atom. The van der Waals surface area contributed by atoms with E-state index < -0.39 is 0 Å². The maximum atomic E-state index is 13.4. The SMILES string of the molecule is O=C(NCc1cccc(NC(=O)N2CCCC2)c1)c1cnn(-c2ccc(F)cc2)c1-n1cccc1. The van der Waals surface area contributed by atoms with Crippen LogP contribution in [-0.2, 0) is 6.54 Å². The molecule has 0 atom stereocenters. The summed E-state index contributed by atoms with van der Waals surface area (Å²) in [5.74, 6) is -0.0976. The van der Waals surface area contributed by atoms with Crippen molar-refractivity contribution < 1.29 is 14.0 Å². The molecule has 0 aliphatic carbocycles. The molecule has 2 aromatic heterocycles. The number of hydrogen-bond acceptors (Lipinski definition) is 3. The molecule has 2 aromatic carbocycles. The minimum absolute atomic E-state index is 0.103. The third-order valence-electron chi connectivity index (χ3n) is 5.93. The maximum absolute atomic E-state index is 13.4.